The van der Waals surface area contributed by atoms with Gasteiger partial charge in [-0.15, -0.1) is 0 Å². The van der Waals surface area contributed by atoms with Crippen LogP contribution in [0.1, 0.15) is 15.9 Å². The molecule has 42 heavy (non-hydrogen) atoms. The largest absolute Gasteiger partial charge is 0.481 e. The lowest BCUT2D eigenvalue weighted by atomic mass is 9.96. The van der Waals surface area contributed by atoms with Gasteiger partial charge in [0.15, 0.2) is 0 Å². The molecule has 2 aromatic heterocycles. The van der Waals surface area contributed by atoms with Gasteiger partial charge in [0.2, 0.25) is 11.5 Å². The molecule has 0 spiro atoms. The maximum atomic E-state index is 14.1. The van der Waals surface area contributed by atoms with Crippen LogP contribution >= 0.6 is 23.2 Å². The first kappa shape index (κ1) is 29.2. The number of hydrogen-bond acceptors (Lipinski definition) is 7. The number of carboxylic acids is 1. The van der Waals surface area contributed by atoms with Crippen molar-refractivity contribution >= 4 is 40.8 Å². The van der Waals surface area contributed by atoms with Gasteiger partial charge in [-0.3, -0.25) is 14.5 Å². The Hall–Kier alpha value is -4.32. The van der Waals surface area contributed by atoms with E-state index >= 15 is 0 Å². The van der Waals surface area contributed by atoms with E-state index < -0.39 is 23.1 Å². The van der Waals surface area contributed by atoms with E-state index in [-0.39, 0.29) is 35.9 Å². The molecule has 0 aliphatic carbocycles. The summed E-state index contributed by atoms with van der Waals surface area (Å²) in [4.78, 5) is 42.5. The molecule has 2 aromatic carbocycles. The van der Waals surface area contributed by atoms with Crippen LogP contribution in [0.5, 0.6) is 5.88 Å². The number of aryl methyl sites for hydroxylation is 1. The Balaban J connectivity index is 1.42. The predicted octanol–water partition coefficient (Wildman–Crippen LogP) is 4.69. The first-order valence-electron chi connectivity index (χ1n) is 12.6. The number of methoxy groups -OCH3 is 1. The Morgan fingerprint density at radius 3 is 2.40 bits per heavy atom. The van der Waals surface area contributed by atoms with Crippen molar-refractivity contribution in [1.82, 2.24) is 19.7 Å². The second kappa shape index (κ2) is 11.5. The van der Waals surface area contributed by atoms with Crippen LogP contribution in [-0.4, -0.2) is 62.5 Å². The van der Waals surface area contributed by atoms with Crippen LogP contribution in [0.2, 0.25) is 10.0 Å². The number of carboxylic acid groups (broad SMARTS) is 1. The number of carbonyl (C=O) groups is 2. The first-order valence-corrected chi connectivity index (χ1v) is 13.4. The van der Waals surface area contributed by atoms with Crippen molar-refractivity contribution in [3.63, 3.8) is 0 Å². The van der Waals surface area contributed by atoms with Gasteiger partial charge in [0.1, 0.15) is 5.56 Å². The molecule has 1 fully saturated rings. The molecule has 1 amide bonds. The van der Waals surface area contributed by atoms with E-state index in [0.717, 1.165) is 4.68 Å². The smallest absolute Gasteiger partial charge is 0.344 e. The normalized spacial score (nSPS) is 14.2. The topological polar surface area (TPSA) is 127 Å². The third-order valence-corrected chi connectivity index (χ3v) is 7.73. The summed E-state index contributed by atoms with van der Waals surface area (Å²) in [6.45, 7) is -0.177. The molecule has 3 heterocycles. The summed E-state index contributed by atoms with van der Waals surface area (Å²) in [5, 5.41) is 16.1. The minimum atomic E-state index is -2.24. The number of amides is 1. The summed E-state index contributed by atoms with van der Waals surface area (Å²) < 4.78 is 20.7. The molecule has 216 valence electrons. The Morgan fingerprint density at radius 1 is 1.05 bits per heavy atom. The fourth-order valence-electron chi connectivity index (χ4n) is 4.71. The van der Waals surface area contributed by atoms with Crippen LogP contribution in [0.3, 0.4) is 0 Å². The van der Waals surface area contributed by atoms with Crippen LogP contribution in [0.25, 0.3) is 22.4 Å². The number of nitrogens with one attached hydrogen (secondary N) is 1. The highest BCUT2D eigenvalue weighted by atomic mass is 35.5. The van der Waals surface area contributed by atoms with E-state index in [2.05, 4.69) is 15.4 Å². The van der Waals surface area contributed by atoms with Crippen LogP contribution in [0, 0.1) is 0 Å². The van der Waals surface area contributed by atoms with Gasteiger partial charge in [-0.05, 0) is 18.2 Å². The summed E-state index contributed by atoms with van der Waals surface area (Å²) in [6.07, 6.45) is 1.36. The molecule has 13 heteroatoms. The molecule has 4 aromatic rings. The maximum absolute atomic E-state index is 14.1. The molecular weight excluding hydrogens is 588 g/mol. The van der Waals surface area contributed by atoms with E-state index in [0.29, 0.717) is 38.9 Å². The molecule has 1 aliphatic heterocycles. The van der Waals surface area contributed by atoms with E-state index in [1.807, 2.05) is 0 Å². The average Bonchev–Trinajstić information content (AvgIpc) is 2.95. The number of rotatable bonds is 8. The highest BCUT2D eigenvalue weighted by Gasteiger charge is 2.50. The van der Waals surface area contributed by atoms with Crippen LogP contribution in [-0.2, 0) is 18.4 Å². The SMILES string of the molecule is COc1nc(-c2cccc(-c3cccc(NC(=O)c4ccnn(C)c4=O)c3Cl)c2Cl)ccc1CN1CC(F)(C(=O)O)C1. The van der Waals surface area contributed by atoms with Crippen LogP contribution in [0.4, 0.5) is 10.1 Å². The number of pyridine rings is 1. The zero-order valence-electron chi connectivity index (χ0n) is 22.4. The highest BCUT2D eigenvalue weighted by Crippen LogP contribution is 2.41. The zero-order chi connectivity index (χ0) is 30.2. The summed E-state index contributed by atoms with van der Waals surface area (Å²) >= 11 is 13.6. The van der Waals surface area contributed by atoms with Crippen molar-refractivity contribution in [2.24, 2.45) is 7.05 Å². The van der Waals surface area contributed by atoms with Gasteiger partial charge in [0, 0.05) is 55.1 Å². The fourth-order valence-corrected chi connectivity index (χ4v) is 5.31. The number of ether oxygens (including phenoxy) is 1. The number of halogens is 3. The maximum Gasteiger partial charge on any atom is 0.344 e. The second-order valence-corrected chi connectivity index (χ2v) is 10.5. The molecule has 5 rings (SSSR count). The van der Waals surface area contributed by atoms with Crippen molar-refractivity contribution in [3.05, 3.63) is 92.3 Å². The van der Waals surface area contributed by atoms with Gasteiger partial charge < -0.3 is 15.2 Å². The van der Waals surface area contributed by atoms with E-state index in [1.165, 1.54) is 26.4 Å². The molecule has 1 saturated heterocycles. The number of likely N-dealkylation sites (tertiary alicyclic amines) is 1. The monoisotopic (exact) mass is 611 g/mol. The van der Waals surface area contributed by atoms with Gasteiger partial charge in [0.05, 0.1) is 28.5 Å². The number of aliphatic carboxylic acids is 1. The number of alkyl halides is 1. The molecule has 0 atom stereocenters. The summed E-state index contributed by atoms with van der Waals surface area (Å²) in [5.74, 6) is -1.81. The second-order valence-electron chi connectivity index (χ2n) is 9.74. The van der Waals surface area contributed by atoms with Crippen LogP contribution in [0.15, 0.2) is 65.6 Å². The molecule has 0 unspecified atom stereocenters. The molecule has 1 aliphatic rings. The molecule has 0 bridgehead atoms. The zero-order valence-corrected chi connectivity index (χ0v) is 23.9. The summed E-state index contributed by atoms with van der Waals surface area (Å²) in [6, 6.07) is 15.3. The predicted molar refractivity (Wildman–Crippen MR) is 156 cm³/mol. The van der Waals surface area contributed by atoms with Gasteiger partial charge in [-0.2, -0.15) is 5.10 Å². The van der Waals surface area contributed by atoms with Gasteiger partial charge in [-0.1, -0.05) is 59.6 Å². The van der Waals surface area contributed by atoms with Gasteiger partial charge in [-0.25, -0.2) is 18.9 Å². The first-order chi connectivity index (χ1) is 20.0. The fraction of sp³-hybridized carbons (Fsp3) is 0.207. The third-order valence-electron chi connectivity index (χ3n) is 6.92. The number of anilines is 1. The molecule has 0 saturated carbocycles. The lowest BCUT2D eigenvalue weighted by molar-refractivity contribution is -0.164. The van der Waals surface area contributed by atoms with Crippen molar-refractivity contribution in [3.8, 4) is 28.3 Å². The Morgan fingerprint density at radius 2 is 1.71 bits per heavy atom. The van der Waals surface area contributed by atoms with Crippen LogP contribution < -0.4 is 15.6 Å². The average molecular weight is 612 g/mol. The van der Waals surface area contributed by atoms with Crippen molar-refractivity contribution in [2.75, 3.05) is 25.5 Å². The third kappa shape index (κ3) is 5.46. The molecule has 10 nitrogen and oxygen atoms in total. The minimum Gasteiger partial charge on any atom is -0.481 e. The Bertz CT molecular complexity index is 1770. The number of carbonyl (C=O) groups excluding carboxylic acids is 1. The molecular formula is C29H24Cl2FN5O5. The van der Waals surface area contributed by atoms with Gasteiger partial charge >= 0.3 is 5.97 Å². The number of hydrogen-bond donors (Lipinski definition) is 2. The quantitative estimate of drug-likeness (QED) is 0.294. The summed E-state index contributed by atoms with van der Waals surface area (Å²) in [7, 11) is 2.91. The molecule has 2 N–H and O–H groups in total. The van der Waals surface area contributed by atoms with Crippen molar-refractivity contribution in [2.45, 2.75) is 12.2 Å². The number of nitrogens with zero attached hydrogens (tertiary/aromatic N) is 4. The highest BCUT2D eigenvalue weighted by molar-refractivity contribution is 6.39. The van der Waals surface area contributed by atoms with E-state index in [9.17, 15) is 18.8 Å². The number of aromatic nitrogens is 3. The standard InChI is InChI=1S/C29H24Cl2FN5O5/c1-36-27(39)20(11-12-33-36)25(38)34-22-8-4-6-18(24(22)31)17-5-3-7-19(23(17)30)21-10-9-16(26(35-21)42-2)13-37-14-29(32,15-37)28(40)41/h3-12H,13-15H2,1-2H3,(H,34,38)(H,40,41). The Kier molecular flexibility index (Phi) is 8.00. The lowest BCUT2D eigenvalue weighted by Gasteiger charge is -2.41. The lowest BCUT2D eigenvalue weighted by Crippen LogP contribution is -2.62. The van der Waals surface area contributed by atoms with Crippen molar-refractivity contribution in [1.29, 1.82) is 0 Å². The van der Waals surface area contributed by atoms with Crippen molar-refractivity contribution < 1.29 is 23.8 Å². The Labute approximate surface area is 249 Å². The summed E-state index contributed by atoms with van der Waals surface area (Å²) in [5.41, 5.74) is 0.280. The number of benzene rings is 2. The molecule has 0 radical (unpaired) electrons. The van der Waals surface area contributed by atoms with E-state index in [4.69, 9.17) is 33.0 Å². The van der Waals surface area contributed by atoms with E-state index in [1.54, 1.807) is 53.4 Å². The minimum absolute atomic E-state index is 0.0857. The van der Waals surface area contributed by atoms with Gasteiger partial charge in [0.25, 0.3) is 11.5 Å².